The van der Waals surface area contributed by atoms with E-state index >= 15 is 0 Å². The Morgan fingerprint density at radius 1 is 1.24 bits per heavy atom. The van der Waals surface area contributed by atoms with Gasteiger partial charge in [-0.15, -0.1) is 0 Å². The Bertz CT molecular complexity index is 487. The zero-order chi connectivity index (χ0) is 15.5. The van der Waals surface area contributed by atoms with Crippen LogP contribution in [0.5, 0.6) is 0 Å². The highest BCUT2D eigenvalue weighted by Gasteiger charge is 2.40. The summed E-state index contributed by atoms with van der Waals surface area (Å²) in [6.07, 6.45) is -3.78. The molecule has 1 aliphatic rings. The summed E-state index contributed by atoms with van der Waals surface area (Å²) in [5, 5.41) is 1.84. The first-order valence-corrected chi connectivity index (χ1v) is 6.40. The van der Waals surface area contributed by atoms with E-state index in [9.17, 15) is 17.6 Å². The first-order chi connectivity index (χ1) is 9.88. The molecule has 0 unspecified atom stereocenters. The Morgan fingerprint density at radius 3 is 2.52 bits per heavy atom. The van der Waals surface area contributed by atoms with Crippen molar-refractivity contribution >= 4 is 23.5 Å². The molecule has 1 N–H and O–H groups in total. The molecule has 11 heteroatoms. The third kappa shape index (κ3) is 4.27. The smallest absolute Gasteiger partial charge is 0.324 e. The maximum atomic E-state index is 12.8. The normalized spacial score (nSPS) is 16.4. The van der Waals surface area contributed by atoms with Gasteiger partial charge in [0.15, 0.2) is 0 Å². The summed E-state index contributed by atoms with van der Waals surface area (Å²) >= 11 is 5.69. The number of aromatic nitrogens is 3. The number of halogens is 5. The van der Waals surface area contributed by atoms with Gasteiger partial charge >= 0.3 is 12.3 Å². The van der Waals surface area contributed by atoms with Crippen LogP contribution in [-0.2, 0) is 4.74 Å². The quantitative estimate of drug-likeness (QED) is 0.829. The molecule has 0 aromatic carbocycles. The minimum atomic E-state index is -4.18. The zero-order valence-electron chi connectivity index (χ0n) is 10.7. The van der Waals surface area contributed by atoms with Gasteiger partial charge in [0.2, 0.25) is 17.2 Å². The average Bonchev–Trinajstić information content (AvgIpc) is 2.45. The fourth-order valence-corrected chi connectivity index (χ4v) is 1.75. The van der Waals surface area contributed by atoms with E-state index in [2.05, 4.69) is 20.3 Å². The van der Waals surface area contributed by atoms with Crippen LogP contribution in [0, 0.1) is 0 Å². The van der Waals surface area contributed by atoms with E-state index in [4.69, 9.17) is 16.3 Å². The lowest BCUT2D eigenvalue weighted by Gasteiger charge is -2.26. The maximum absolute atomic E-state index is 12.8. The molecule has 2 heterocycles. The number of nitrogens with zero attached hydrogens (tertiary/aromatic N) is 4. The highest BCUT2D eigenvalue weighted by molar-refractivity contribution is 6.28. The molecule has 0 aliphatic carbocycles. The molecule has 118 valence electrons. The van der Waals surface area contributed by atoms with Crippen LogP contribution in [0.3, 0.4) is 0 Å². The summed E-state index contributed by atoms with van der Waals surface area (Å²) in [6, 6.07) is 0. The third-order valence-corrected chi connectivity index (χ3v) is 2.86. The van der Waals surface area contributed by atoms with Crippen molar-refractivity contribution in [3.63, 3.8) is 0 Å². The third-order valence-electron chi connectivity index (χ3n) is 2.69. The van der Waals surface area contributed by atoms with E-state index in [1.807, 2.05) is 0 Å². The van der Waals surface area contributed by atoms with E-state index in [0.29, 0.717) is 26.3 Å². The van der Waals surface area contributed by atoms with Crippen LogP contribution >= 0.6 is 11.6 Å². The summed E-state index contributed by atoms with van der Waals surface area (Å²) in [6.45, 7) is 0.651. The largest absolute Gasteiger partial charge is 0.378 e. The monoisotopic (exact) mass is 329 g/mol. The van der Waals surface area contributed by atoms with Gasteiger partial charge in [0.1, 0.15) is 0 Å². The van der Waals surface area contributed by atoms with Crippen molar-refractivity contribution in [3.8, 4) is 0 Å². The van der Waals surface area contributed by atoms with E-state index < -0.39 is 18.9 Å². The fraction of sp³-hybridized carbons (Fsp3) is 0.700. The predicted molar refractivity (Wildman–Crippen MR) is 67.3 cm³/mol. The number of alkyl halides is 4. The van der Waals surface area contributed by atoms with Crippen LogP contribution in [0.15, 0.2) is 0 Å². The van der Waals surface area contributed by atoms with Gasteiger partial charge < -0.3 is 15.0 Å². The van der Waals surface area contributed by atoms with Gasteiger partial charge in [-0.3, -0.25) is 0 Å². The van der Waals surface area contributed by atoms with E-state index in [-0.39, 0.29) is 17.2 Å². The summed E-state index contributed by atoms with van der Waals surface area (Å²) in [5.41, 5.74) is 0. The van der Waals surface area contributed by atoms with Crippen molar-refractivity contribution in [1.29, 1.82) is 0 Å². The molecule has 0 spiro atoms. The van der Waals surface area contributed by atoms with Crippen LogP contribution in [-0.4, -0.2) is 60.1 Å². The van der Waals surface area contributed by atoms with Crippen LogP contribution < -0.4 is 10.2 Å². The first-order valence-electron chi connectivity index (χ1n) is 6.02. The summed E-state index contributed by atoms with van der Waals surface area (Å²) in [7, 11) is 0. The summed E-state index contributed by atoms with van der Waals surface area (Å²) in [4.78, 5) is 13.1. The van der Waals surface area contributed by atoms with E-state index in [1.165, 1.54) is 0 Å². The fourth-order valence-electron chi connectivity index (χ4n) is 1.60. The lowest BCUT2D eigenvalue weighted by Crippen LogP contribution is -2.38. The highest BCUT2D eigenvalue weighted by atomic mass is 35.5. The highest BCUT2D eigenvalue weighted by Crippen LogP contribution is 2.23. The number of rotatable bonds is 5. The summed E-state index contributed by atoms with van der Waals surface area (Å²) < 4.78 is 55.0. The minimum absolute atomic E-state index is 0.182. The van der Waals surface area contributed by atoms with Crippen molar-refractivity contribution < 1.29 is 22.3 Å². The number of hydrogen-bond acceptors (Lipinski definition) is 6. The van der Waals surface area contributed by atoms with Crippen LogP contribution in [0.25, 0.3) is 0 Å². The predicted octanol–water partition coefficient (Wildman–Crippen LogP) is 1.67. The van der Waals surface area contributed by atoms with Crippen molar-refractivity contribution in [2.75, 3.05) is 43.1 Å². The van der Waals surface area contributed by atoms with Gasteiger partial charge in [-0.05, 0) is 11.6 Å². The molecule has 0 saturated carbocycles. The Kier molecular flexibility index (Phi) is 4.99. The molecule has 1 fully saturated rings. The van der Waals surface area contributed by atoms with Gasteiger partial charge in [-0.2, -0.15) is 23.7 Å². The lowest BCUT2D eigenvalue weighted by molar-refractivity contribution is -0.117. The number of morpholine rings is 1. The molecule has 6 nitrogen and oxygen atoms in total. The zero-order valence-corrected chi connectivity index (χ0v) is 11.5. The maximum Gasteiger partial charge on any atom is 0.324 e. The molecular formula is C10H12ClF4N5O. The Hall–Kier alpha value is -1.42. The second kappa shape index (κ2) is 6.56. The molecule has 1 aromatic rings. The molecule has 0 atom stereocenters. The average molecular weight is 330 g/mol. The molecule has 0 radical (unpaired) electrons. The van der Waals surface area contributed by atoms with E-state index in [0.717, 1.165) is 0 Å². The topological polar surface area (TPSA) is 63.2 Å². The molecule has 1 aromatic heterocycles. The number of anilines is 2. The molecule has 21 heavy (non-hydrogen) atoms. The molecule has 0 amide bonds. The Labute approximate surface area is 122 Å². The molecule has 2 rings (SSSR count). The van der Waals surface area contributed by atoms with Gasteiger partial charge in [-0.1, -0.05) is 0 Å². The standard InChI is InChI=1S/C10H12ClF4N5O/c11-7-17-8(16-5-10(14,15)6(12)13)19-9(18-7)20-1-3-21-4-2-20/h6H,1-5H2,(H,16,17,18,19). The van der Waals surface area contributed by atoms with E-state index in [1.54, 1.807) is 4.90 Å². The first kappa shape index (κ1) is 16.0. The number of hydrogen-bond donors (Lipinski definition) is 1. The number of nitrogens with one attached hydrogen (secondary N) is 1. The molecule has 1 aliphatic heterocycles. The van der Waals surface area contributed by atoms with Gasteiger partial charge in [0.25, 0.3) is 0 Å². The molecule has 0 bridgehead atoms. The van der Waals surface area contributed by atoms with Gasteiger partial charge in [-0.25, -0.2) is 8.78 Å². The second-order valence-corrected chi connectivity index (χ2v) is 4.58. The van der Waals surface area contributed by atoms with Crippen molar-refractivity contribution in [1.82, 2.24) is 15.0 Å². The Morgan fingerprint density at radius 2 is 1.90 bits per heavy atom. The van der Waals surface area contributed by atoms with Crippen LogP contribution in [0.1, 0.15) is 0 Å². The SMILES string of the molecule is FC(F)C(F)(F)CNc1nc(Cl)nc(N2CCOCC2)n1. The second-order valence-electron chi connectivity index (χ2n) is 4.24. The van der Waals surface area contributed by atoms with Crippen LogP contribution in [0.4, 0.5) is 29.5 Å². The van der Waals surface area contributed by atoms with Crippen molar-refractivity contribution in [3.05, 3.63) is 5.28 Å². The molecule has 1 saturated heterocycles. The summed E-state index contributed by atoms with van der Waals surface area (Å²) in [5.74, 6) is -4.28. The lowest BCUT2D eigenvalue weighted by atomic mass is 10.3. The molecular weight excluding hydrogens is 318 g/mol. The Balaban J connectivity index is 2.08. The minimum Gasteiger partial charge on any atom is -0.378 e. The number of ether oxygens (including phenoxy) is 1. The van der Waals surface area contributed by atoms with Gasteiger partial charge in [0, 0.05) is 13.1 Å². The van der Waals surface area contributed by atoms with Gasteiger partial charge in [0.05, 0.1) is 19.8 Å². The van der Waals surface area contributed by atoms with Crippen molar-refractivity contribution in [2.24, 2.45) is 0 Å². The van der Waals surface area contributed by atoms with Crippen molar-refractivity contribution in [2.45, 2.75) is 12.3 Å². The van der Waals surface area contributed by atoms with Crippen LogP contribution in [0.2, 0.25) is 5.28 Å².